The molecule has 0 saturated carbocycles. The van der Waals surface area contributed by atoms with E-state index in [0.717, 1.165) is 18.7 Å². The number of nitrogens with one attached hydrogen (secondary N) is 1. The van der Waals surface area contributed by atoms with Crippen molar-refractivity contribution in [2.24, 2.45) is 0 Å². The van der Waals surface area contributed by atoms with E-state index >= 15 is 0 Å². The summed E-state index contributed by atoms with van der Waals surface area (Å²) in [4.78, 5) is 0. The first kappa shape index (κ1) is 13.5. The SMILES string of the molecule is CCn1cc(CC(NC)c2ccc(OC)nn2)cn1. The second-order valence-electron chi connectivity index (χ2n) is 4.25. The number of methoxy groups -OCH3 is 1. The van der Waals surface area contributed by atoms with Crippen LogP contribution >= 0.6 is 0 Å². The van der Waals surface area contributed by atoms with Crippen LogP contribution in [0.4, 0.5) is 0 Å². The van der Waals surface area contributed by atoms with E-state index in [-0.39, 0.29) is 6.04 Å². The Labute approximate surface area is 112 Å². The van der Waals surface area contributed by atoms with Gasteiger partial charge in [0.1, 0.15) is 0 Å². The predicted octanol–water partition coefficient (Wildman–Crippen LogP) is 1.20. The smallest absolute Gasteiger partial charge is 0.233 e. The van der Waals surface area contributed by atoms with E-state index in [1.54, 1.807) is 7.11 Å². The molecule has 6 heteroatoms. The molecule has 2 rings (SSSR count). The summed E-state index contributed by atoms with van der Waals surface area (Å²) in [5, 5.41) is 15.7. The van der Waals surface area contributed by atoms with Crippen molar-refractivity contribution in [3.63, 3.8) is 0 Å². The highest BCUT2D eigenvalue weighted by Gasteiger charge is 2.13. The minimum absolute atomic E-state index is 0.118. The lowest BCUT2D eigenvalue weighted by molar-refractivity contribution is 0.389. The molecule has 0 radical (unpaired) electrons. The standard InChI is InChI=1S/C13H19N5O/c1-4-18-9-10(8-15-18)7-12(14-2)11-5-6-13(19-3)17-16-11/h5-6,8-9,12,14H,4,7H2,1-3H3. The van der Waals surface area contributed by atoms with Gasteiger partial charge in [-0.2, -0.15) is 10.2 Å². The average Bonchev–Trinajstić information content (AvgIpc) is 2.92. The summed E-state index contributed by atoms with van der Waals surface area (Å²) in [6.45, 7) is 2.95. The van der Waals surface area contributed by atoms with Gasteiger partial charge in [-0.1, -0.05) is 0 Å². The van der Waals surface area contributed by atoms with Crippen molar-refractivity contribution in [3.05, 3.63) is 35.8 Å². The number of aryl methyl sites for hydroxylation is 1. The Morgan fingerprint density at radius 3 is 2.74 bits per heavy atom. The topological polar surface area (TPSA) is 64.9 Å². The van der Waals surface area contributed by atoms with Gasteiger partial charge in [-0.3, -0.25) is 4.68 Å². The second-order valence-corrected chi connectivity index (χ2v) is 4.25. The van der Waals surface area contributed by atoms with Gasteiger partial charge in [-0.15, -0.1) is 5.10 Å². The molecule has 102 valence electrons. The predicted molar refractivity (Wildman–Crippen MR) is 72.0 cm³/mol. The van der Waals surface area contributed by atoms with Crippen LogP contribution in [-0.4, -0.2) is 34.1 Å². The fourth-order valence-corrected chi connectivity index (χ4v) is 1.90. The van der Waals surface area contributed by atoms with Gasteiger partial charge in [-0.25, -0.2) is 0 Å². The lowest BCUT2D eigenvalue weighted by atomic mass is 10.1. The Hall–Kier alpha value is -1.95. The molecule has 0 fully saturated rings. The number of rotatable bonds is 6. The molecule has 0 aliphatic carbocycles. The molecule has 0 amide bonds. The van der Waals surface area contributed by atoms with Gasteiger partial charge in [0.25, 0.3) is 0 Å². The van der Waals surface area contributed by atoms with Crippen molar-refractivity contribution >= 4 is 0 Å². The normalized spacial score (nSPS) is 12.4. The Kier molecular flexibility index (Phi) is 4.46. The zero-order chi connectivity index (χ0) is 13.7. The molecule has 0 spiro atoms. The molecule has 0 aromatic carbocycles. The van der Waals surface area contributed by atoms with E-state index in [1.165, 1.54) is 5.56 Å². The van der Waals surface area contributed by atoms with Gasteiger partial charge in [0.15, 0.2) is 0 Å². The Bertz CT molecular complexity index is 508. The molecule has 1 N–H and O–H groups in total. The summed E-state index contributed by atoms with van der Waals surface area (Å²) in [7, 11) is 3.50. The maximum absolute atomic E-state index is 5.01. The number of hydrogen-bond donors (Lipinski definition) is 1. The molecule has 6 nitrogen and oxygen atoms in total. The Balaban J connectivity index is 2.10. The van der Waals surface area contributed by atoms with Crippen molar-refractivity contribution in [2.75, 3.05) is 14.2 Å². The van der Waals surface area contributed by atoms with Crippen LogP contribution in [0.3, 0.4) is 0 Å². The first-order chi connectivity index (χ1) is 9.26. The quantitative estimate of drug-likeness (QED) is 0.846. The Morgan fingerprint density at radius 1 is 1.37 bits per heavy atom. The van der Waals surface area contributed by atoms with Crippen molar-refractivity contribution in [3.8, 4) is 5.88 Å². The van der Waals surface area contributed by atoms with Gasteiger partial charge in [0.2, 0.25) is 5.88 Å². The number of aromatic nitrogens is 4. The van der Waals surface area contributed by atoms with Crippen molar-refractivity contribution in [2.45, 2.75) is 25.9 Å². The number of likely N-dealkylation sites (N-methyl/N-ethyl adjacent to an activating group) is 1. The van der Waals surface area contributed by atoms with Gasteiger partial charge in [-0.05, 0) is 32.0 Å². The van der Waals surface area contributed by atoms with Crippen LogP contribution in [-0.2, 0) is 13.0 Å². The van der Waals surface area contributed by atoms with E-state index in [4.69, 9.17) is 4.74 Å². The van der Waals surface area contributed by atoms with E-state index in [2.05, 4.69) is 33.7 Å². The van der Waals surface area contributed by atoms with Crippen molar-refractivity contribution < 1.29 is 4.74 Å². The van der Waals surface area contributed by atoms with Crippen molar-refractivity contribution in [1.29, 1.82) is 0 Å². The van der Waals surface area contributed by atoms with Crippen LogP contribution in [0.5, 0.6) is 5.88 Å². The summed E-state index contributed by atoms with van der Waals surface area (Å²) in [6.07, 6.45) is 4.78. The highest BCUT2D eigenvalue weighted by Crippen LogP contribution is 2.16. The molecular formula is C13H19N5O. The lowest BCUT2D eigenvalue weighted by Gasteiger charge is -2.14. The molecule has 0 aliphatic heterocycles. The zero-order valence-electron chi connectivity index (χ0n) is 11.5. The molecule has 0 saturated heterocycles. The van der Waals surface area contributed by atoms with E-state index in [9.17, 15) is 0 Å². The molecule has 1 atom stereocenters. The van der Waals surface area contributed by atoms with E-state index in [1.807, 2.05) is 30.1 Å². The number of hydrogen-bond acceptors (Lipinski definition) is 5. The second kappa shape index (κ2) is 6.29. The van der Waals surface area contributed by atoms with E-state index < -0.39 is 0 Å². The molecular weight excluding hydrogens is 242 g/mol. The zero-order valence-corrected chi connectivity index (χ0v) is 11.5. The average molecular weight is 261 g/mol. The summed E-state index contributed by atoms with van der Waals surface area (Å²) in [5.74, 6) is 0.525. The van der Waals surface area contributed by atoms with Gasteiger partial charge >= 0.3 is 0 Å². The fourth-order valence-electron chi connectivity index (χ4n) is 1.90. The number of nitrogens with zero attached hydrogens (tertiary/aromatic N) is 4. The number of ether oxygens (including phenoxy) is 1. The van der Waals surface area contributed by atoms with Gasteiger partial charge < -0.3 is 10.1 Å². The first-order valence-electron chi connectivity index (χ1n) is 6.33. The third-order valence-electron chi connectivity index (χ3n) is 3.03. The van der Waals surface area contributed by atoms with Crippen LogP contribution in [0, 0.1) is 0 Å². The monoisotopic (exact) mass is 261 g/mol. The molecule has 19 heavy (non-hydrogen) atoms. The maximum atomic E-state index is 5.01. The van der Waals surface area contributed by atoms with Crippen LogP contribution < -0.4 is 10.1 Å². The highest BCUT2D eigenvalue weighted by atomic mass is 16.5. The highest BCUT2D eigenvalue weighted by molar-refractivity contribution is 5.17. The third kappa shape index (κ3) is 3.29. The van der Waals surface area contributed by atoms with Crippen LogP contribution in [0.15, 0.2) is 24.5 Å². The molecule has 2 heterocycles. The lowest BCUT2D eigenvalue weighted by Crippen LogP contribution is -2.20. The van der Waals surface area contributed by atoms with Crippen molar-refractivity contribution in [1.82, 2.24) is 25.3 Å². The summed E-state index contributed by atoms with van der Waals surface area (Å²) >= 11 is 0. The summed E-state index contributed by atoms with van der Waals surface area (Å²) in [6, 6.07) is 3.87. The van der Waals surface area contributed by atoms with Gasteiger partial charge in [0.05, 0.1) is 25.0 Å². The third-order valence-corrected chi connectivity index (χ3v) is 3.03. The largest absolute Gasteiger partial charge is 0.480 e. The minimum Gasteiger partial charge on any atom is -0.480 e. The fraction of sp³-hybridized carbons (Fsp3) is 0.462. The Morgan fingerprint density at radius 2 is 2.21 bits per heavy atom. The molecule has 0 aliphatic rings. The minimum atomic E-state index is 0.118. The first-order valence-corrected chi connectivity index (χ1v) is 6.33. The van der Waals surface area contributed by atoms with Crippen LogP contribution in [0.2, 0.25) is 0 Å². The molecule has 2 aromatic heterocycles. The maximum Gasteiger partial charge on any atom is 0.233 e. The summed E-state index contributed by atoms with van der Waals surface area (Å²) in [5.41, 5.74) is 2.08. The van der Waals surface area contributed by atoms with Crippen LogP contribution in [0.25, 0.3) is 0 Å². The van der Waals surface area contributed by atoms with Crippen LogP contribution in [0.1, 0.15) is 24.2 Å². The molecule has 0 bridgehead atoms. The van der Waals surface area contributed by atoms with E-state index in [0.29, 0.717) is 5.88 Å². The van der Waals surface area contributed by atoms with Gasteiger partial charge in [0, 0.05) is 18.8 Å². The summed E-state index contributed by atoms with van der Waals surface area (Å²) < 4.78 is 6.93. The molecule has 2 aromatic rings. The molecule has 1 unspecified atom stereocenters.